The van der Waals surface area contributed by atoms with E-state index in [1.54, 1.807) is 6.92 Å². The van der Waals surface area contributed by atoms with Crippen LogP contribution in [-0.2, 0) is 0 Å². The lowest BCUT2D eigenvalue weighted by Gasteiger charge is -2.11. The molecule has 1 N–H and O–H groups in total. The molecule has 1 heterocycles. The first-order chi connectivity index (χ1) is 9.59. The average molecular weight is 320 g/mol. The monoisotopic (exact) mass is 320 g/mol. The van der Waals surface area contributed by atoms with Crippen LogP contribution < -0.4 is 14.8 Å². The predicted octanol–water partition coefficient (Wildman–Crippen LogP) is 2.19. The van der Waals surface area contributed by atoms with Crippen LogP contribution in [-0.4, -0.2) is 47.1 Å². The topological polar surface area (TPSA) is 69.2 Å². The molecule has 0 aromatic carbocycles. The fourth-order valence-electron chi connectivity index (χ4n) is 0.997. The predicted molar refractivity (Wildman–Crippen MR) is 57.1 cm³/mol. The molecule has 0 unspecified atom stereocenters. The molecule has 12 heteroatoms. The quantitative estimate of drug-likeness (QED) is 0.810. The molecule has 21 heavy (non-hydrogen) atoms. The number of rotatable bonds is 6. The number of halogens is 6. The maximum atomic E-state index is 12.0. The second-order valence-electron chi connectivity index (χ2n) is 3.56. The highest BCUT2D eigenvalue weighted by Gasteiger charge is 2.30. The van der Waals surface area contributed by atoms with Crippen LogP contribution in [0.25, 0.3) is 0 Å². The minimum Gasteiger partial charge on any atom is -0.454 e. The first-order valence-electron chi connectivity index (χ1n) is 5.48. The van der Waals surface area contributed by atoms with Crippen molar-refractivity contribution < 1.29 is 35.8 Å². The number of nitrogens with zero attached hydrogens (tertiary/aromatic N) is 3. The molecular weight excluding hydrogens is 310 g/mol. The molecule has 0 saturated carbocycles. The summed E-state index contributed by atoms with van der Waals surface area (Å²) < 4.78 is 80.5. The standard InChI is InChI=1S/C9H10F6N4O2/c1-2-16-5-17-6(20-3-8(10,11)12)19-7(18-5)21-4-9(13,14)15/h2-4H2,1H3,(H,16,17,18,19). The molecule has 0 spiro atoms. The Balaban J connectivity index is 2.84. The lowest BCUT2D eigenvalue weighted by molar-refractivity contribution is -0.156. The summed E-state index contributed by atoms with van der Waals surface area (Å²) in [6.07, 6.45) is -9.28. The molecule has 0 fully saturated rings. The number of hydrogen-bond donors (Lipinski definition) is 1. The van der Waals surface area contributed by atoms with E-state index >= 15 is 0 Å². The van der Waals surface area contributed by atoms with Crippen molar-refractivity contribution >= 4 is 5.95 Å². The molecule has 6 nitrogen and oxygen atoms in total. The summed E-state index contributed by atoms with van der Waals surface area (Å²) in [7, 11) is 0. The smallest absolute Gasteiger partial charge is 0.422 e. The number of aromatic nitrogens is 3. The normalized spacial score (nSPS) is 12.1. The average Bonchev–Trinajstić information content (AvgIpc) is 2.33. The zero-order chi connectivity index (χ0) is 16.1. The molecule has 0 aliphatic carbocycles. The van der Waals surface area contributed by atoms with E-state index < -0.39 is 37.6 Å². The van der Waals surface area contributed by atoms with Crippen molar-refractivity contribution in [3.8, 4) is 12.0 Å². The molecule has 0 radical (unpaired) electrons. The molecule has 0 amide bonds. The summed E-state index contributed by atoms with van der Waals surface area (Å²) in [5.41, 5.74) is 0. The van der Waals surface area contributed by atoms with Gasteiger partial charge in [0, 0.05) is 6.54 Å². The zero-order valence-corrected chi connectivity index (χ0v) is 10.5. The van der Waals surface area contributed by atoms with Gasteiger partial charge in [0.05, 0.1) is 0 Å². The molecular formula is C9H10F6N4O2. The van der Waals surface area contributed by atoms with Crippen LogP contribution in [0.1, 0.15) is 6.92 Å². The third kappa shape index (κ3) is 7.37. The van der Waals surface area contributed by atoms with E-state index in [9.17, 15) is 26.3 Å². The van der Waals surface area contributed by atoms with E-state index in [0.717, 1.165) is 0 Å². The molecule has 0 aliphatic rings. The largest absolute Gasteiger partial charge is 0.454 e. The van der Waals surface area contributed by atoms with Gasteiger partial charge in [-0.2, -0.15) is 36.3 Å². The fourth-order valence-corrected chi connectivity index (χ4v) is 0.997. The van der Waals surface area contributed by atoms with E-state index in [4.69, 9.17) is 0 Å². The Labute approximate surface area is 114 Å². The first-order valence-corrected chi connectivity index (χ1v) is 5.48. The van der Waals surface area contributed by atoms with Crippen LogP contribution >= 0.6 is 0 Å². The summed E-state index contributed by atoms with van der Waals surface area (Å²) in [6, 6.07) is -1.59. The Morgan fingerprint density at radius 1 is 0.857 bits per heavy atom. The van der Waals surface area contributed by atoms with E-state index in [-0.39, 0.29) is 12.5 Å². The summed E-state index contributed by atoms with van der Waals surface area (Å²) in [5.74, 6) is -0.262. The molecule has 1 aromatic heterocycles. The Bertz CT molecular complexity index is 428. The second-order valence-corrected chi connectivity index (χ2v) is 3.56. The molecule has 0 bridgehead atoms. The van der Waals surface area contributed by atoms with Crippen molar-refractivity contribution in [1.29, 1.82) is 0 Å². The highest BCUT2D eigenvalue weighted by Crippen LogP contribution is 2.20. The van der Waals surface area contributed by atoms with Crippen LogP contribution in [0.2, 0.25) is 0 Å². The van der Waals surface area contributed by atoms with Gasteiger partial charge in [-0.15, -0.1) is 4.98 Å². The second kappa shape index (κ2) is 6.63. The van der Waals surface area contributed by atoms with Crippen LogP contribution in [0.4, 0.5) is 32.3 Å². The number of hydrogen-bond acceptors (Lipinski definition) is 6. The lowest BCUT2D eigenvalue weighted by atomic mass is 10.7. The summed E-state index contributed by atoms with van der Waals surface area (Å²) >= 11 is 0. The van der Waals surface area contributed by atoms with Gasteiger partial charge in [0.25, 0.3) is 0 Å². The molecule has 120 valence electrons. The summed E-state index contributed by atoms with van der Waals surface area (Å²) in [5, 5.41) is 2.50. The number of alkyl halides is 6. The minimum atomic E-state index is -4.64. The Kier molecular flexibility index (Phi) is 5.38. The van der Waals surface area contributed by atoms with E-state index in [0.29, 0.717) is 0 Å². The van der Waals surface area contributed by atoms with Crippen molar-refractivity contribution in [1.82, 2.24) is 15.0 Å². The lowest BCUT2D eigenvalue weighted by Crippen LogP contribution is -2.22. The highest BCUT2D eigenvalue weighted by molar-refractivity contribution is 5.27. The third-order valence-corrected chi connectivity index (χ3v) is 1.66. The van der Waals surface area contributed by atoms with Gasteiger partial charge in [0.15, 0.2) is 13.2 Å². The number of anilines is 1. The van der Waals surface area contributed by atoms with E-state index in [1.165, 1.54) is 0 Å². The molecule has 0 atom stereocenters. The van der Waals surface area contributed by atoms with Crippen molar-refractivity contribution in [2.75, 3.05) is 25.1 Å². The molecule has 1 aromatic rings. The number of nitrogens with one attached hydrogen (secondary N) is 1. The Morgan fingerprint density at radius 3 is 1.62 bits per heavy atom. The van der Waals surface area contributed by atoms with Gasteiger partial charge < -0.3 is 14.8 Å². The van der Waals surface area contributed by atoms with Crippen LogP contribution in [0.5, 0.6) is 12.0 Å². The summed E-state index contributed by atoms with van der Waals surface area (Å²) in [4.78, 5) is 10.1. The van der Waals surface area contributed by atoms with Gasteiger partial charge in [-0.25, -0.2) is 0 Å². The van der Waals surface area contributed by atoms with Crippen LogP contribution in [0.15, 0.2) is 0 Å². The van der Waals surface area contributed by atoms with Crippen LogP contribution in [0, 0.1) is 0 Å². The van der Waals surface area contributed by atoms with E-state index in [1.807, 2.05) is 0 Å². The van der Waals surface area contributed by atoms with Crippen molar-refractivity contribution in [2.24, 2.45) is 0 Å². The Morgan fingerprint density at radius 2 is 1.29 bits per heavy atom. The molecule has 1 rings (SSSR count). The fraction of sp³-hybridized carbons (Fsp3) is 0.667. The Hall–Kier alpha value is -2.01. The summed E-state index contributed by atoms with van der Waals surface area (Å²) in [6.45, 7) is -1.49. The van der Waals surface area contributed by atoms with Gasteiger partial charge in [-0.1, -0.05) is 0 Å². The van der Waals surface area contributed by atoms with Crippen LogP contribution in [0.3, 0.4) is 0 Å². The molecule has 0 saturated heterocycles. The SMILES string of the molecule is CCNc1nc(OCC(F)(F)F)nc(OCC(F)(F)F)n1. The zero-order valence-electron chi connectivity index (χ0n) is 10.5. The van der Waals surface area contributed by atoms with E-state index in [2.05, 4.69) is 29.7 Å². The van der Waals surface area contributed by atoms with Gasteiger partial charge in [-0.3, -0.25) is 0 Å². The van der Waals surface area contributed by atoms with Gasteiger partial charge in [0.2, 0.25) is 5.95 Å². The highest BCUT2D eigenvalue weighted by atomic mass is 19.4. The van der Waals surface area contributed by atoms with Crippen molar-refractivity contribution in [3.05, 3.63) is 0 Å². The third-order valence-electron chi connectivity index (χ3n) is 1.66. The van der Waals surface area contributed by atoms with Crippen molar-refractivity contribution in [2.45, 2.75) is 19.3 Å². The van der Waals surface area contributed by atoms with Crippen molar-refractivity contribution in [3.63, 3.8) is 0 Å². The van der Waals surface area contributed by atoms with Gasteiger partial charge >= 0.3 is 24.4 Å². The maximum absolute atomic E-state index is 12.0. The molecule has 0 aliphatic heterocycles. The van der Waals surface area contributed by atoms with Gasteiger partial charge in [0.1, 0.15) is 0 Å². The van der Waals surface area contributed by atoms with Gasteiger partial charge in [-0.05, 0) is 6.92 Å². The number of ether oxygens (including phenoxy) is 2. The first kappa shape index (κ1) is 17.0. The minimum absolute atomic E-state index is 0.262. The maximum Gasteiger partial charge on any atom is 0.422 e.